The summed E-state index contributed by atoms with van der Waals surface area (Å²) in [5, 5.41) is 9.26. The molecule has 7 nitrogen and oxygen atoms in total. The largest absolute Gasteiger partial charge is 0.508 e. The number of rotatable bonds is 2. The maximum Gasteiger partial charge on any atom is 0.269 e. The van der Waals surface area contributed by atoms with Gasteiger partial charge in [0.1, 0.15) is 17.6 Å². The maximum atomic E-state index is 12.5. The van der Waals surface area contributed by atoms with E-state index >= 15 is 0 Å². The molecule has 2 heterocycles. The quantitative estimate of drug-likeness (QED) is 0.721. The van der Waals surface area contributed by atoms with Crippen molar-refractivity contribution in [3.8, 4) is 5.75 Å². The summed E-state index contributed by atoms with van der Waals surface area (Å²) in [6.07, 6.45) is 1.39. The number of amides is 2. The molecule has 3 N–H and O–H groups in total. The number of aliphatic imine (C=N–C) groups is 1. The first-order valence-electron chi connectivity index (χ1n) is 8.43. The Bertz CT molecular complexity index is 892. The Balaban J connectivity index is 1.40. The number of carbonyl (C=O) groups is 2. The minimum atomic E-state index is -0.436. The van der Waals surface area contributed by atoms with E-state index in [4.69, 9.17) is 0 Å². The third kappa shape index (κ3) is 2.99. The van der Waals surface area contributed by atoms with Gasteiger partial charge in [0.2, 0.25) is 0 Å². The predicted octanol–water partition coefficient (Wildman–Crippen LogP) is 1.86. The molecule has 2 aliphatic heterocycles. The molecule has 0 radical (unpaired) electrons. The molecule has 0 unspecified atom stereocenters. The molecule has 2 aliphatic rings. The zero-order chi connectivity index (χ0) is 18.1. The number of aromatic hydroxyl groups is 1. The average molecular weight is 350 g/mol. The molecule has 132 valence electrons. The zero-order valence-electron chi connectivity index (χ0n) is 14.0. The predicted molar refractivity (Wildman–Crippen MR) is 95.8 cm³/mol. The first-order valence-corrected chi connectivity index (χ1v) is 8.43. The first-order chi connectivity index (χ1) is 12.6. The third-order valence-corrected chi connectivity index (χ3v) is 4.66. The van der Waals surface area contributed by atoms with Gasteiger partial charge in [-0.3, -0.25) is 20.4 Å². The van der Waals surface area contributed by atoms with Gasteiger partial charge in [-0.25, -0.2) is 4.99 Å². The van der Waals surface area contributed by atoms with E-state index in [-0.39, 0.29) is 17.7 Å². The summed E-state index contributed by atoms with van der Waals surface area (Å²) in [5.41, 5.74) is 7.32. The van der Waals surface area contributed by atoms with Crippen molar-refractivity contribution >= 4 is 23.3 Å². The lowest BCUT2D eigenvalue weighted by atomic mass is 10.1. The van der Waals surface area contributed by atoms with Gasteiger partial charge in [-0.05, 0) is 42.3 Å². The zero-order valence-corrected chi connectivity index (χ0v) is 14.0. The van der Waals surface area contributed by atoms with Crippen molar-refractivity contribution in [2.45, 2.75) is 25.4 Å². The normalized spacial score (nSPS) is 17.8. The van der Waals surface area contributed by atoms with Gasteiger partial charge in [-0.1, -0.05) is 18.2 Å². The second-order valence-corrected chi connectivity index (χ2v) is 6.33. The number of fused-ring (bicyclic) bond motifs is 2. The molecule has 7 heteroatoms. The fraction of sp³-hybridized carbons (Fsp3) is 0.211. The molecule has 0 aromatic heterocycles. The fourth-order valence-electron chi connectivity index (χ4n) is 3.30. The number of nitrogens with zero attached hydrogens (tertiary/aromatic N) is 2. The second-order valence-electron chi connectivity index (χ2n) is 6.33. The standard InChI is InChI=1S/C19H18N4O3/c24-14-7-5-12(6-8-14)18(25)21-22-19(26)16-9-10-17-20-15-4-2-1-3-13(15)11-23(16)17/h1-8,16,24H,9-11H2,(H,21,25)(H,22,26)/t16-/m0/s1. The van der Waals surface area contributed by atoms with Gasteiger partial charge in [0.15, 0.2) is 0 Å². The van der Waals surface area contributed by atoms with Crippen LogP contribution in [-0.4, -0.2) is 33.7 Å². The summed E-state index contributed by atoms with van der Waals surface area (Å²) < 4.78 is 0. The number of phenolic OH excluding ortho intramolecular Hbond substituents is 1. The van der Waals surface area contributed by atoms with E-state index in [0.717, 1.165) is 23.5 Å². The number of phenols is 1. The van der Waals surface area contributed by atoms with E-state index in [1.54, 1.807) is 0 Å². The van der Waals surface area contributed by atoms with Crippen LogP contribution in [-0.2, 0) is 11.3 Å². The molecule has 2 aromatic carbocycles. The minimum absolute atomic E-state index is 0.0775. The SMILES string of the molecule is O=C(NNC(=O)[C@@H]1CCC2=Nc3ccccc3CN21)c1ccc(O)cc1. The Morgan fingerprint density at radius 2 is 1.85 bits per heavy atom. The van der Waals surface area contributed by atoms with Crippen LogP contribution in [0.1, 0.15) is 28.8 Å². The van der Waals surface area contributed by atoms with Crippen LogP contribution in [0.4, 0.5) is 5.69 Å². The van der Waals surface area contributed by atoms with Gasteiger partial charge >= 0.3 is 0 Å². The Labute approximate surface area is 150 Å². The number of para-hydroxylation sites is 1. The smallest absolute Gasteiger partial charge is 0.269 e. The highest BCUT2D eigenvalue weighted by molar-refractivity contribution is 5.98. The maximum absolute atomic E-state index is 12.5. The molecular formula is C19H18N4O3. The highest BCUT2D eigenvalue weighted by Crippen LogP contribution is 2.32. The van der Waals surface area contributed by atoms with Crippen LogP contribution in [0.15, 0.2) is 53.5 Å². The van der Waals surface area contributed by atoms with Gasteiger partial charge in [0.05, 0.1) is 5.69 Å². The van der Waals surface area contributed by atoms with E-state index in [1.165, 1.54) is 24.3 Å². The molecule has 1 atom stereocenters. The summed E-state index contributed by atoms with van der Waals surface area (Å²) in [6.45, 7) is 0.638. The summed E-state index contributed by atoms with van der Waals surface area (Å²) in [7, 11) is 0. The monoisotopic (exact) mass is 350 g/mol. The van der Waals surface area contributed by atoms with Crippen LogP contribution in [0.3, 0.4) is 0 Å². The van der Waals surface area contributed by atoms with E-state index in [9.17, 15) is 14.7 Å². The van der Waals surface area contributed by atoms with Crippen molar-refractivity contribution in [3.63, 3.8) is 0 Å². The molecule has 0 spiro atoms. The van der Waals surface area contributed by atoms with Gasteiger partial charge in [-0.2, -0.15) is 0 Å². The topological polar surface area (TPSA) is 94.0 Å². The number of hydrogen-bond acceptors (Lipinski definition) is 5. The Morgan fingerprint density at radius 1 is 1.08 bits per heavy atom. The number of hydrogen-bond donors (Lipinski definition) is 3. The first kappa shape index (κ1) is 16.1. The molecule has 0 bridgehead atoms. The molecule has 0 aliphatic carbocycles. The number of benzene rings is 2. The summed E-state index contributed by atoms with van der Waals surface area (Å²) in [5.74, 6) is 0.290. The lowest BCUT2D eigenvalue weighted by Crippen LogP contribution is -2.51. The molecule has 1 saturated heterocycles. The van der Waals surface area contributed by atoms with E-state index in [0.29, 0.717) is 18.5 Å². The second kappa shape index (κ2) is 6.51. The van der Waals surface area contributed by atoms with E-state index in [1.807, 2.05) is 29.2 Å². The molecule has 2 aromatic rings. The van der Waals surface area contributed by atoms with Crippen LogP contribution in [0.5, 0.6) is 5.75 Å². The fourth-order valence-corrected chi connectivity index (χ4v) is 3.30. The molecule has 26 heavy (non-hydrogen) atoms. The van der Waals surface area contributed by atoms with Crippen LogP contribution in [0.25, 0.3) is 0 Å². The van der Waals surface area contributed by atoms with Gasteiger partial charge in [-0.15, -0.1) is 0 Å². The van der Waals surface area contributed by atoms with Crippen LogP contribution in [0.2, 0.25) is 0 Å². The third-order valence-electron chi connectivity index (χ3n) is 4.66. The number of amidine groups is 1. The van der Waals surface area contributed by atoms with Crippen LogP contribution < -0.4 is 10.9 Å². The van der Waals surface area contributed by atoms with E-state index in [2.05, 4.69) is 15.8 Å². The highest BCUT2D eigenvalue weighted by atomic mass is 16.3. The Morgan fingerprint density at radius 3 is 2.65 bits per heavy atom. The highest BCUT2D eigenvalue weighted by Gasteiger charge is 2.36. The number of carbonyl (C=O) groups excluding carboxylic acids is 2. The lowest BCUT2D eigenvalue weighted by molar-refractivity contribution is -0.125. The van der Waals surface area contributed by atoms with Crippen LogP contribution in [0, 0.1) is 0 Å². The Kier molecular flexibility index (Phi) is 4.04. The summed E-state index contributed by atoms with van der Waals surface area (Å²) in [4.78, 5) is 31.2. The van der Waals surface area contributed by atoms with Gasteiger partial charge in [0, 0.05) is 18.5 Å². The number of hydrazine groups is 1. The van der Waals surface area contributed by atoms with Crippen molar-refractivity contribution < 1.29 is 14.7 Å². The minimum Gasteiger partial charge on any atom is -0.508 e. The van der Waals surface area contributed by atoms with Crippen LogP contribution >= 0.6 is 0 Å². The van der Waals surface area contributed by atoms with Gasteiger partial charge < -0.3 is 10.0 Å². The Hall–Kier alpha value is -3.35. The van der Waals surface area contributed by atoms with Crippen molar-refractivity contribution in [1.29, 1.82) is 0 Å². The number of nitrogens with one attached hydrogen (secondary N) is 2. The van der Waals surface area contributed by atoms with Crippen molar-refractivity contribution in [3.05, 3.63) is 59.7 Å². The summed E-state index contributed by atoms with van der Waals surface area (Å²) >= 11 is 0. The summed E-state index contributed by atoms with van der Waals surface area (Å²) in [6, 6.07) is 13.3. The van der Waals surface area contributed by atoms with Gasteiger partial charge in [0.25, 0.3) is 11.8 Å². The molecule has 1 fully saturated rings. The average Bonchev–Trinajstić information content (AvgIpc) is 3.07. The molecule has 0 saturated carbocycles. The van der Waals surface area contributed by atoms with Crippen molar-refractivity contribution in [2.75, 3.05) is 0 Å². The lowest BCUT2D eigenvalue weighted by Gasteiger charge is -2.29. The molecule has 2 amide bonds. The van der Waals surface area contributed by atoms with Crippen molar-refractivity contribution in [2.24, 2.45) is 4.99 Å². The van der Waals surface area contributed by atoms with Crippen molar-refractivity contribution in [1.82, 2.24) is 15.8 Å². The molecular weight excluding hydrogens is 332 g/mol. The molecule has 4 rings (SSSR count). The van der Waals surface area contributed by atoms with E-state index < -0.39 is 5.91 Å².